The van der Waals surface area contributed by atoms with Gasteiger partial charge in [0.05, 0.1) is 12.1 Å². The first-order valence-electron chi connectivity index (χ1n) is 6.62. The number of amides is 1. The van der Waals surface area contributed by atoms with Crippen molar-refractivity contribution in [1.29, 1.82) is 0 Å². The van der Waals surface area contributed by atoms with Gasteiger partial charge >= 0.3 is 0 Å². The Bertz CT molecular complexity index is 634. The third-order valence-corrected chi connectivity index (χ3v) is 3.66. The number of hydrogen-bond acceptors (Lipinski definition) is 3. The first-order valence-corrected chi connectivity index (χ1v) is 7.00. The van der Waals surface area contributed by atoms with Crippen molar-refractivity contribution in [1.82, 2.24) is 9.88 Å². The minimum Gasteiger partial charge on any atom is -0.464 e. The normalized spacial score (nSPS) is 14.3. The Labute approximate surface area is 122 Å². The smallest absolute Gasteiger partial charge is 0.257 e. The van der Waals surface area contributed by atoms with E-state index in [4.69, 9.17) is 16.0 Å². The molecule has 0 radical (unpaired) electrons. The maximum atomic E-state index is 12.6. The summed E-state index contributed by atoms with van der Waals surface area (Å²) in [6, 6.07) is 7.52. The van der Waals surface area contributed by atoms with Gasteiger partial charge in [0.1, 0.15) is 16.7 Å². The second-order valence-corrected chi connectivity index (χ2v) is 5.38. The summed E-state index contributed by atoms with van der Waals surface area (Å²) >= 11 is 6.01. The fourth-order valence-corrected chi connectivity index (χ4v) is 2.39. The van der Waals surface area contributed by atoms with Gasteiger partial charge in [-0.15, -0.1) is 0 Å². The van der Waals surface area contributed by atoms with E-state index in [0.717, 1.165) is 24.4 Å². The quantitative estimate of drug-likeness (QED) is 0.810. The maximum absolute atomic E-state index is 12.6. The Kier molecular flexibility index (Phi) is 3.49. The van der Waals surface area contributed by atoms with Crippen molar-refractivity contribution < 1.29 is 9.21 Å². The first kappa shape index (κ1) is 13.2. The van der Waals surface area contributed by atoms with Gasteiger partial charge in [0.25, 0.3) is 5.91 Å². The van der Waals surface area contributed by atoms with E-state index in [1.807, 2.05) is 24.0 Å². The molecule has 1 amide bonds. The standard InChI is InChI=1S/C15H15ClN2O2/c1-10-4-7-12(20-10)9-18(11-5-6-11)15(19)13-3-2-8-17-14(13)16/h2-4,7-8,11H,5-6,9H2,1H3. The molecule has 2 aromatic rings. The van der Waals surface area contributed by atoms with Gasteiger partial charge in [0.15, 0.2) is 0 Å². The average Bonchev–Trinajstić information content (AvgIpc) is 3.19. The van der Waals surface area contributed by atoms with Gasteiger partial charge in [-0.3, -0.25) is 4.79 Å². The molecule has 2 aromatic heterocycles. The Morgan fingerprint density at radius 3 is 2.85 bits per heavy atom. The molecular weight excluding hydrogens is 276 g/mol. The summed E-state index contributed by atoms with van der Waals surface area (Å²) in [6.45, 7) is 2.37. The number of carbonyl (C=O) groups is 1. The SMILES string of the molecule is Cc1ccc(CN(C(=O)c2cccnc2Cl)C2CC2)o1. The number of hydrogen-bond donors (Lipinski definition) is 0. The molecule has 0 bridgehead atoms. The summed E-state index contributed by atoms with van der Waals surface area (Å²) in [5.74, 6) is 1.56. The molecule has 3 rings (SSSR count). The zero-order chi connectivity index (χ0) is 14.1. The highest BCUT2D eigenvalue weighted by Crippen LogP contribution is 2.31. The van der Waals surface area contributed by atoms with Crippen molar-refractivity contribution in [3.8, 4) is 0 Å². The number of aromatic nitrogens is 1. The largest absolute Gasteiger partial charge is 0.464 e. The van der Waals surface area contributed by atoms with Crippen LogP contribution in [0, 0.1) is 6.92 Å². The van der Waals surface area contributed by atoms with Crippen LogP contribution in [0.3, 0.4) is 0 Å². The average molecular weight is 291 g/mol. The van der Waals surface area contributed by atoms with Crippen LogP contribution in [0.4, 0.5) is 0 Å². The molecule has 0 unspecified atom stereocenters. The third kappa shape index (κ3) is 2.70. The van der Waals surface area contributed by atoms with E-state index in [1.54, 1.807) is 18.3 Å². The summed E-state index contributed by atoms with van der Waals surface area (Å²) in [4.78, 5) is 18.4. The highest BCUT2D eigenvalue weighted by atomic mass is 35.5. The maximum Gasteiger partial charge on any atom is 0.257 e. The summed E-state index contributed by atoms with van der Waals surface area (Å²) in [6.07, 6.45) is 3.64. The molecule has 1 fully saturated rings. The van der Waals surface area contributed by atoms with Gasteiger partial charge < -0.3 is 9.32 Å². The zero-order valence-electron chi connectivity index (χ0n) is 11.2. The van der Waals surface area contributed by atoms with Crippen LogP contribution < -0.4 is 0 Å². The second kappa shape index (κ2) is 5.29. The van der Waals surface area contributed by atoms with Crippen LogP contribution in [-0.2, 0) is 6.54 Å². The first-order chi connectivity index (χ1) is 9.65. The van der Waals surface area contributed by atoms with E-state index < -0.39 is 0 Å². The molecule has 0 aromatic carbocycles. The van der Waals surface area contributed by atoms with E-state index in [1.165, 1.54) is 0 Å². The lowest BCUT2D eigenvalue weighted by Gasteiger charge is -2.21. The Hall–Kier alpha value is -1.81. The number of nitrogens with zero attached hydrogens (tertiary/aromatic N) is 2. The molecule has 0 spiro atoms. The Morgan fingerprint density at radius 1 is 1.45 bits per heavy atom. The molecule has 4 nitrogen and oxygen atoms in total. The van der Waals surface area contributed by atoms with Crippen LogP contribution >= 0.6 is 11.6 Å². The molecule has 0 aliphatic heterocycles. The number of pyridine rings is 1. The minimum atomic E-state index is -0.0837. The van der Waals surface area contributed by atoms with Crippen LogP contribution in [0.15, 0.2) is 34.9 Å². The molecule has 1 saturated carbocycles. The summed E-state index contributed by atoms with van der Waals surface area (Å²) in [7, 11) is 0. The van der Waals surface area contributed by atoms with Crippen molar-refractivity contribution in [3.05, 3.63) is 52.7 Å². The molecule has 20 heavy (non-hydrogen) atoms. The van der Waals surface area contributed by atoms with Gasteiger partial charge in [-0.05, 0) is 44.0 Å². The highest BCUT2D eigenvalue weighted by molar-refractivity contribution is 6.32. The van der Waals surface area contributed by atoms with Crippen molar-refractivity contribution in [2.75, 3.05) is 0 Å². The van der Waals surface area contributed by atoms with Crippen molar-refractivity contribution in [2.24, 2.45) is 0 Å². The molecule has 2 heterocycles. The van der Waals surface area contributed by atoms with E-state index >= 15 is 0 Å². The lowest BCUT2D eigenvalue weighted by molar-refractivity contribution is 0.0716. The molecule has 0 atom stereocenters. The van der Waals surface area contributed by atoms with Crippen LogP contribution in [0.25, 0.3) is 0 Å². The lowest BCUT2D eigenvalue weighted by Crippen LogP contribution is -2.32. The van der Waals surface area contributed by atoms with Crippen LogP contribution in [0.1, 0.15) is 34.7 Å². The van der Waals surface area contributed by atoms with Crippen LogP contribution in [0.2, 0.25) is 5.15 Å². The summed E-state index contributed by atoms with van der Waals surface area (Å²) in [5.41, 5.74) is 0.448. The Morgan fingerprint density at radius 2 is 2.25 bits per heavy atom. The lowest BCUT2D eigenvalue weighted by atomic mass is 10.2. The number of carbonyl (C=O) groups excluding carboxylic acids is 1. The number of furan rings is 1. The molecule has 5 heteroatoms. The van der Waals surface area contributed by atoms with Gasteiger partial charge in [0, 0.05) is 12.2 Å². The fraction of sp³-hybridized carbons (Fsp3) is 0.333. The Balaban J connectivity index is 1.84. The highest BCUT2D eigenvalue weighted by Gasteiger charge is 2.34. The van der Waals surface area contributed by atoms with Crippen molar-refractivity contribution in [3.63, 3.8) is 0 Å². The minimum absolute atomic E-state index is 0.0837. The third-order valence-electron chi connectivity index (χ3n) is 3.36. The van der Waals surface area contributed by atoms with E-state index in [0.29, 0.717) is 12.1 Å². The summed E-state index contributed by atoms with van der Waals surface area (Å²) < 4.78 is 5.57. The topological polar surface area (TPSA) is 46.3 Å². The molecule has 0 saturated heterocycles. The van der Waals surface area contributed by atoms with Crippen molar-refractivity contribution in [2.45, 2.75) is 32.4 Å². The molecule has 0 N–H and O–H groups in total. The number of aryl methyl sites for hydroxylation is 1. The van der Waals surface area contributed by atoms with E-state index in [9.17, 15) is 4.79 Å². The predicted octanol–water partition coefficient (Wildman–Crippen LogP) is 3.44. The fourth-order valence-electron chi connectivity index (χ4n) is 2.19. The molecule has 104 valence electrons. The zero-order valence-corrected chi connectivity index (χ0v) is 11.9. The molecule has 1 aliphatic rings. The van der Waals surface area contributed by atoms with Crippen LogP contribution in [-0.4, -0.2) is 21.8 Å². The van der Waals surface area contributed by atoms with Gasteiger partial charge in [-0.1, -0.05) is 11.6 Å². The second-order valence-electron chi connectivity index (χ2n) is 5.02. The number of halogens is 1. The van der Waals surface area contributed by atoms with Gasteiger partial charge in [-0.25, -0.2) is 4.98 Å². The van der Waals surface area contributed by atoms with Crippen LogP contribution in [0.5, 0.6) is 0 Å². The van der Waals surface area contributed by atoms with E-state index in [2.05, 4.69) is 4.98 Å². The number of rotatable bonds is 4. The molecule has 1 aliphatic carbocycles. The van der Waals surface area contributed by atoms with Gasteiger partial charge in [-0.2, -0.15) is 0 Å². The monoisotopic (exact) mass is 290 g/mol. The summed E-state index contributed by atoms with van der Waals surface area (Å²) in [5, 5.41) is 0.249. The van der Waals surface area contributed by atoms with Crippen molar-refractivity contribution >= 4 is 17.5 Å². The predicted molar refractivity (Wildman–Crippen MR) is 75.6 cm³/mol. The van der Waals surface area contributed by atoms with E-state index in [-0.39, 0.29) is 17.1 Å². The molecular formula is C15H15ClN2O2. The van der Waals surface area contributed by atoms with Gasteiger partial charge in [0.2, 0.25) is 0 Å².